The number of aryl methyl sites for hydroxylation is 2. The molecule has 3 nitrogen and oxygen atoms in total. The Morgan fingerprint density at radius 1 is 1.35 bits per heavy atom. The third kappa shape index (κ3) is 2.51. The zero-order valence-electron chi connectivity index (χ0n) is 10.9. The molecule has 1 aromatic heterocycles. The van der Waals surface area contributed by atoms with Crippen LogP contribution >= 0.6 is 15.9 Å². The number of alkyl halides is 1. The predicted molar refractivity (Wildman–Crippen MR) is 72.9 cm³/mol. The highest BCUT2D eigenvalue weighted by atomic mass is 79.9. The molecule has 0 radical (unpaired) electrons. The van der Waals surface area contributed by atoms with E-state index in [2.05, 4.69) is 28.0 Å². The minimum Gasteiger partial charge on any atom is -0.489 e. The van der Waals surface area contributed by atoms with E-state index in [1.807, 2.05) is 18.7 Å². The highest BCUT2D eigenvalue weighted by molar-refractivity contribution is 9.09. The molecule has 0 N–H and O–H groups in total. The Labute approximate surface area is 112 Å². The summed E-state index contributed by atoms with van der Waals surface area (Å²) in [6, 6.07) is 0. The highest BCUT2D eigenvalue weighted by Gasteiger charge is 2.34. The zero-order chi connectivity index (χ0) is 12.5. The van der Waals surface area contributed by atoms with Gasteiger partial charge in [-0.15, -0.1) is 0 Å². The number of halogens is 1. The van der Waals surface area contributed by atoms with E-state index in [0.717, 1.165) is 29.1 Å². The van der Waals surface area contributed by atoms with E-state index in [1.165, 1.54) is 25.7 Å². The lowest BCUT2D eigenvalue weighted by Gasteiger charge is -2.26. The van der Waals surface area contributed by atoms with E-state index in [-0.39, 0.29) is 0 Å². The lowest BCUT2D eigenvalue weighted by molar-refractivity contribution is 0.172. The first-order valence-corrected chi connectivity index (χ1v) is 7.39. The van der Waals surface area contributed by atoms with Gasteiger partial charge in [-0.05, 0) is 26.7 Å². The molecule has 1 saturated carbocycles. The minimum atomic E-state index is 0.342. The maximum atomic E-state index is 6.05. The van der Waals surface area contributed by atoms with Gasteiger partial charge in [0.2, 0.25) is 0 Å². The molecule has 1 aliphatic rings. The SMILES string of the molecule is Cc1nn(C)c(C)c1OCC1(CBr)CCCC1. The van der Waals surface area contributed by atoms with Crippen molar-refractivity contribution in [3.8, 4) is 5.75 Å². The quantitative estimate of drug-likeness (QED) is 0.797. The third-order valence-corrected chi connectivity index (χ3v) is 5.10. The number of nitrogens with zero attached hydrogens (tertiary/aromatic N) is 2. The van der Waals surface area contributed by atoms with Crippen LogP contribution in [0.3, 0.4) is 0 Å². The van der Waals surface area contributed by atoms with E-state index in [0.29, 0.717) is 5.41 Å². The molecule has 1 aliphatic carbocycles. The van der Waals surface area contributed by atoms with Gasteiger partial charge in [-0.25, -0.2) is 0 Å². The minimum absolute atomic E-state index is 0.342. The average Bonchev–Trinajstić information content (AvgIpc) is 2.86. The van der Waals surface area contributed by atoms with Gasteiger partial charge in [-0.3, -0.25) is 4.68 Å². The maximum Gasteiger partial charge on any atom is 0.162 e. The van der Waals surface area contributed by atoms with Gasteiger partial charge in [0.25, 0.3) is 0 Å². The van der Waals surface area contributed by atoms with Crippen LogP contribution in [0.15, 0.2) is 0 Å². The second kappa shape index (κ2) is 5.01. The molecule has 96 valence electrons. The first-order valence-electron chi connectivity index (χ1n) is 6.27. The van der Waals surface area contributed by atoms with Crippen molar-refractivity contribution < 1.29 is 4.74 Å². The van der Waals surface area contributed by atoms with Crippen LogP contribution in [-0.4, -0.2) is 21.7 Å². The van der Waals surface area contributed by atoms with Crippen LogP contribution in [0.2, 0.25) is 0 Å². The van der Waals surface area contributed by atoms with Crippen molar-refractivity contribution in [3.63, 3.8) is 0 Å². The number of aromatic nitrogens is 2. The van der Waals surface area contributed by atoms with Gasteiger partial charge in [-0.1, -0.05) is 28.8 Å². The van der Waals surface area contributed by atoms with E-state index in [9.17, 15) is 0 Å². The Balaban J connectivity index is 2.06. The first-order chi connectivity index (χ1) is 8.08. The van der Waals surface area contributed by atoms with Crippen molar-refractivity contribution in [1.29, 1.82) is 0 Å². The van der Waals surface area contributed by atoms with Crippen molar-refractivity contribution in [2.75, 3.05) is 11.9 Å². The van der Waals surface area contributed by atoms with Gasteiger partial charge in [0.1, 0.15) is 5.69 Å². The van der Waals surface area contributed by atoms with Crippen LogP contribution in [0.5, 0.6) is 5.75 Å². The number of hydrogen-bond donors (Lipinski definition) is 0. The maximum absolute atomic E-state index is 6.05. The van der Waals surface area contributed by atoms with Crippen molar-refractivity contribution in [2.24, 2.45) is 12.5 Å². The van der Waals surface area contributed by atoms with Gasteiger partial charge >= 0.3 is 0 Å². The second-order valence-corrected chi connectivity index (χ2v) is 5.81. The summed E-state index contributed by atoms with van der Waals surface area (Å²) in [5, 5.41) is 5.42. The van der Waals surface area contributed by atoms with Crippen LogP contribution in [0.4, 0.5) is 0 Å². The van der Waals surface area contributed by atoms with E-state index in [4.69, 9.17) is 4.74 Å². The molecular weight excluding hydrogens is 280 g/mol. The molecule has 0 saturated heterocycles. The molecule has 1 heterocycles. The summed E-state index contributed by atoms with van der Waals surface area (Å²) in [5.41, 5.74) is 2.45. The summed E-state index contributed by atoms with van der Waals surface area (Å²) in [7, 11) is 1.96. The molecule has 17 heavy (non-hydrogen) atoms. The Kier molecular flexibility index (Phi) is 3.81. The Morgan fingerprint density at radius 2 is 2.00 bits per heavy atom. The monoisotopic (exact) mass is 300 g/mol. The van der Waals surface area contributed by atoms with Crippen molar-refractivity contribution >= 4 is 15.9 Å². The first kappa shape index (κ1) is 12.9. The molecule has 0 aliphatic heterocycles. The normalized spacial score (nSPS) is 18.6. The topological polar surface area (TPSA) is 27.1 Å². The molecule has 0 atom stereocenters. The summed E-state index contributed by atoms with van der Waals surface area (Å²) in [4.78, 5) is 0. The lowest BCUT2D eigenvalue weighted by atomic mass is 9.90. The molecule has 4 heteroatoms. The molecule has 1 fully saturated rings. The summed E-state index contributed by atoms with van der Waals surface area (Å²) in [6.07, 6.45) is 5.22. The van der Waals surface area contributed by atoms with Crippen molar-refractivity contribution in [2.45, 2.75) is 39.5 Å². The van der Waals surface area contributed by atoms with Crippen molar-refractivity contribution in [1.82, 2.24) is 9.78 Å². The Bertz CT molecular complexity index is 394. The predicted octanol–water partition coefficient (Wildman–Crippen LogP) is 3.37. The number of rotatable bonds is 4. The standard InChI is InChI=1S/C13H21BrN2O/c1-10-12(11(2)16(3)15-10)17-9-13(8-14)6-4-5-7-13/h4-9H2,1-3H3. The molecule has 2 rings (SSSR count). The number of hydrogen-bond acceptors (Lipinski definition) is 2. The van der Waals surface area contributed by atoms with E-state index >= 15 is 0 Å². The van der Waals surface area contributed by atoms with E-state index < -0.39 is 0 Å². The smallest absolute Gasteiger partial charge is 0.162 e. The molecule has 0 bridgehead atoms. The summed E-state index contributed by atoms with van der Waals surface area (Å²) >= 11 is 3.65. The Hall–Kier alpha value is -0.510. The van der Waals surface area contributed by atoms with E-state index in [1.54, 1.807) is 0 Å². The molecular formula is C13H21BrN2O. The van der Waals surface area contributed by atoms with Crippen LogP contribution in [0.1, 0.15) is 37.1 Å². The van der Waals surface area contributed by atoms with Gasteiger partial charge in [0, 0.05) is 17.8 Å². The van der Waals surface area contributed by atoms with Crippen LogP contribution in [0, 0.1) is 19.3 Å². The van der Waals surface area contributed by atoms with Gasteiger partial charge in [-0.2, -0.15) is 5.10 Å². The Morgan fingerprint density at radius 3 is 2.47 bits per heavy atom. The largest absolute Gasteiger partial charge is 0.489 e. The summed E-state index contributed by atoms with van der Waals surface area (Å²) in [5.74, 6) is 0.972. The molecule has 1 aromatic rings. The second-order valence-electron chi connectivity index (χ2n) is 5.25. The fourth-order valence-corrected chi connectivity index (χ4v) is 3.35. The highest BCUT2D eigenvalue weighted by Crippen LogP contribution is 2.40. The zero-order valence-corrected chi connectivity index (χ0v) is 12.5. The molecule has 0 aromatic carbocycles. The fraction of sp³-hybridized carbons (Fsp3) is 0.769. The van der Waals surface area contributed by atoms with Crippen molar-refractivity contribution in [3.05, 3.63) is 11.4 Å². The van der Waals surface area contributed by atoms with Gasteiger partial charge in [0.15, 0.2) is 5.75 Å². The van der Waals surface area contributed by atoms with Crippen LogP contribution < -0.4 is 4.74 Å². The summed E-state index contributed by atoms with van der Waals surface area (Å²) < 4.78 is 7.94. The summed E-state index contributed by atoms with van der Waals surface area (Å²) in [6.45, 7) is 4.88. The van der Waals surface area contributed by atoms with Crippen LogP contribution in [-0.2, 0) is 7.05 Å². The molecule has 0 amide bonds. The van der Waals surface area contributed by atoms with Gasteiger partial charge < -0.3 is 4.74 Å². The molecule has 0 spiro atoms. The number of ether oxygens (including phenoxy) is 1. The lowest BCUT2D eigenvalue weighted by Crippen LogP contribution is -2.27. The average molecular weight is 301 g/mol. The van der Waals surface area contributed by atoms with Gasteiger partial charge in [0.05, 0.1) is 12.3 Å². The molecule has 0 unspecified atom stereocenters. The fourth-order valence-electron chi connectivity index (χ4n) is 2.63. The third-order valence-electron chi connectivity index (χ3n) is 3.91. The van der Waals surface area contributed by atoms with Crippen LogP contribution in [0.25, 0.3) is 0 Å².